The van der Waals surface area contributed by atoms with E-state index in [9.17, 15) is 22.4 Å². The number of hydrogen-bond acceptors (Lipinski definition) is 9. The maximum Gasteiger partial charge on any atom is 0.411 e. The van der Waals surface area contributed by atoms with Gasteiger partial charge < -0.3 is 25.4 Å². The average molecular weight is 668 g/mol. The Hall–Kier alpha value is -4.98. The third kappa shape index (κ3) is 6.64. The Balaban J connectivity index is 1.62. The normalized spacial score (nSPS) is 15.5. The Labute approximate surface area is 271 Å². The summed E-state index contributed by atoms with van der Waals surface area (Å²) in [6, 6.07) is 10.8. The zero-order valence-corrected chi connectivity index (χ0v) is 27.0. The van der Waals surface area contributed by atoms with Crippen LogP contribution in [0.15, 0.2) is 65.7 Å². The molecule has 1 aliphatic rings. The van der Waals surface area contributed by atoms with Gasteiger partial charge in [-0.25, -0.2) is 27.0 Å². The van der Waals surface area contributed by atoms with E-state index >= 15 is 4.39 Å². The summed E-state index contributed by atoms with van der Waals surface area (Å²) in [4.78, 5) is 32.2. The fourth-order valence-corrected chi connectivity index (χ4v) is 7.03. The van der Waals surface area contributed by atoms with E-state index in [0.717, 1.165) is 6.07 Å². The molecule has 0 saturated carbocycles. The largest absolute Gasteiger partial charge is 0.494 e. The van der Waals surface area contributed by atoms with E-state index in [1.165, 1.54) is 43.5 Å². The first-order valence-electron chi connectivity index (χ1n) is 14.8. The molecule has 2 heterocycles. The molecule has 0 spiro atoms. The molecule has 47 heavy (non-hydrogen) atoms. The fourth-order valence-electron chi connectivity index (χ4n) is 5.74. The summed E-state index contributed by atoms with van der Waals surface area (Å²) in [5.74, 6) is -2.46. The molecule has 3 aromatic carbocycles. The van der Waals surface area contributed by atoms with Crippen LogP contribution in [0.5, 0.6) is 5.75 Å². The van der Waals surface area contributed by atoms with E-state index in [2.05, 4.69) is 15.6 Å². The van der Waals surface area contributed by atoms with Gasteiger partial charge in [0.2, 0.25) is 5.91 Å². The zero-order chi connectivity index (χ0) is 34.0. The van der Waals surface area contributed by atoms with Gasteiger partial charge in [-0.1, -0.05) is 0 Å². The van der Waals surface area contributed by atoms with Crippen molar-refractivity contribution < 1.29 is 36.3 Å². The van der Waals surface area contributed by atoms with Crippen LogP contribution in [-0.4, -0.2) is 56.3 Å². The number of nitrogens with two attached hydrogens (primary N) is 1. The minimum absolute atomic E-state index is 0.00693. The molecule has 2 atom stereocenters. The molecular weight excluding hydrogens is 632 g/mol. The number of rotatable bonds is 9. The minimum atomic E-state index is -3.84. The molecule has 0 aliphatic carbocycles. The molecule has 1 fully saturated rings. The van der Waals surface area contributed by atoms with E-state index in [-0.39, 0.29) is 28.4 Å². The molecule has 1 aliphatic heterocycles. The van der Waals surface area contributed by atoms with Gasteiger partial charge in [0.1, 0.15) is 17.7 Å². The van der Waals surface area contributed by atoms with Crippen molar-refractivity contribution in [3.05, 3.63) is 83.6 Å². The van der Waals surface area contributed by atoms with Gasteiger partial charge in [0, 0.05) is 41.1 Å². The summed E-state index contributed by atoms with van der Waals surface area (Å²) in [7, 11) is -1.41. The maximum absolute atomic E-state index is 15.5. The highest BCUT2D eigenvalue weighted by atomic mass is 32.2. The predicted molar refractivity (Wildman–Crippen MR) is 174 cm³/mol. The van der Waals surface area contributed by atoms with Crippen LogP contribution < -0.4 is 21.1 Å². The van der Waals surface area contributed by atoms with Crippen molar-refractivity contribution in [1.29, 1.82) is 0 Å². The highest BCUT2D eigenvalue weighted by molar-refractivity contribution is 7.92. The molecule has 1 saturated heterocycles. The Morgan fingerprint density at radius 1 is 1.02 bits per heavy atom. The topological polar surface area (TPSA) is 153 Å². The van der Waals surface area contributed by atoms with Gasteiger partial charge in [-0.15, -0.1) is 0 Å². The highest BCUT2D eigenvalue weighted by Gasteiger charge is 2.39. The number of sulfone groups is 1. The molecule has 4 aromatic rings. The van der Waals surface area contributed by atoms with Gasteiger partial charge in [0.15, 0.2) is 21.4 Å². The summed E-state index contributed by atoms with van der Waals surface area (Å²) in [6.45, 7) is 3.32. The predicted octanol–water partition coefficient (Wildman–Crippen LogP) is 5.98. The van der Waals surface area contributed by atoms with Crippen LogP contribution >= 0.6 is 0 Å². The van der Waals surface area contributed by atoms with Crippen LogP contribution in [0.1, 0.15) is 49.9 Å². The number of carbonyl (C=O) groups is 2. The van der Waals surface area contributed by atoms with Crippen LogP contribution in [0, 0.1) is 11.6 Å². The molecule has 1 aromatic heterocycles. The number of fused-ring (bicyclic) bond motifs is 1. The Bertz CT molecular complexity index is 1960. The van der Waals surface area contributed by atoms with Crippen LogP contribution in [0.4, 0.5) is 30.8 Å². The number of halogens is 2. The number of nitrogens with zero attached hydrogens (tertiary/aromatic N) is 2. The smallest absolute Gasteiger partial charge is 0.411 e. The van der Waals surface area contributed by atoms with Gasteiger partial charge in [-0.3, -0.25) is 10.1 Å². The lowest BCUT2D eigenvalue weighted by Crippen LogP contribution is -2.38. The number of ether oxygens (including phenoxy) is 2. The number of nitrogen functional groups attached to an aromatic ring is 1. The lowest BCUT2D eigenvalue weighted by atomic mass is 10.00. The van der Waals surface area contributed by atoms with E-state index < -0.39 is 50.8 Å². The number of methoxy groups -OCH3 is 2. The molecule has 0 radical (unpaired) electrons. The minimum Gasteiger partial charge on any atom is -0.494 e. The Morgan fingerprint density at radius 3 is 2.47 bits per heavy atom. The number of amides is 2. The van der Waals surface area contributed by atoms with Gasteiger partial charge in [-0.2, -0.15) is 0 Å². The number of anilines is 3. The molecule has 248 valence electrons. The van der Waals surface area contributed by atoms with Crippen molar-refractivity contribution in [2.45, 2.75) is 48.9 Å². The first kappa shape index (κ1) is 33.4. The zero-order valence-electron chi connectivity index (χ0n) is 26.2. The van der Waals surface area contributed by atoms with Crippen LogP contribution in [-0.2, 0) is 19.4 Å². The first-order valence-corrected chi connectivity index (χ1v) is 16.4. The van der Waals surface area contributed by atoms with Gasteiger partial charge in [-0.05, 0) is 86.2 Å². The summed E-state index contributed by atoms with van der Waals surface area (Å²) < 4.78 is 66.9. The van der Waals surface area contributed by atoms with Gasteiger partial charge in [0.05, 0.1) is 30.4 Å². The van der Waals surface area contributed by atoms with Crippen molar-refractivity contribution in [2.75, 3.05) is 37.1 Å². The van der Waals surface area contributed by atoms with Crippen molar-refractivity contribution in [3.8, 4) is 5.75 Å². The third-order valence-electron chi connectivity index (χ3n) is 8.20. The maximum atomic E-state index is 15.5. The number of benzene rings is 3. The third-order valence-corrected chi connectivity index (χ3v) is 10.4. The van der Waals surface area contributed by atoms with Crippen molar-refractivity contribution >= 4 is 49.8 Å². The number of carbonyl (C=O) groups excluding carboxylic acids is 2. The summed E-state index contributed by atoms with van der Waals surface area (Å²) >= 11 is 0. The number of nitrogens with one attached hydrogen (secondary N) is 2. The number of aromatic nitrogens is 1. The summed E-state index contributed by atoms with van der Waals surface area (Å²) in [5.41, 5.74) is 6.83. The number of pyridine rings is 1. The molecule has 11 nitrogen and oxygen atoms in total. The van der Waals surface area contributed by atoms with E-state index in [0.29, 0.717) is 46.7 Å². The van der Waals surface area contributed by atoms with E-state index in [1.54, 1.807) is 38.1 Å². The Kier molecular flexibility index (Phi) is 9.52. The fraction of sp³-hybridized carbons (Fsp3) is 0.303. The molecule has 5 rings (SSSR count). The molecule has 2 amide bonds. The second-order valence-electron chi connectivity index (χ2n) is 11.4. The SMILES string of the molecule is COC(=O)Nc1ccc(S(=O)(=O)C(C)C)c(C2CCCN2C(=O)C(Nc2ccc3c(N)nccc3c2)c2cc(OC)c(F)cc2F)c1. The average Bonchev–Trinajstić information content (AvgIpc) is 3.53. The molecule has 14 heteroatoms. The second-order valence-corrected chi connectivity index (χ2v) is 13.8. The van der Waals surface area contributed by atoms with Crippen LogP contribution in [0.2, 0.25) is 0 Å². The van der Waals surface area contributed by atoms with Crippen molar-refractivity contribution in [1.82, 2.24) is 9.88 Å². The highest BCUT2D eigenvalue weighted by Crippen LogP contribution is 2.41. The Morgan fingerprint density at radius 2 is 1.77 bits per heavy atom. The summed E-state index contributed by atoms with van der Waals surface area (Å²) in [6.07, 6.45) is 1.68. The number of likely N-dealkylation sites (tertiary alicyclic amines) is 1. The standard InChI is InChI=1S/C33H35F2N5O6S/c1-18(2)47(43,44)29-10-8-21(39-33(42)46-4)15-24(29)27-6-5-13-40(27)32(41)30(23-16-28(45-3)26(35)17-25(23)34)38-20-7-9-22-19(14-20)11-12-37-31(22)36/h7-12,14-18,27,30,38H,5-6,13H2,1-4H3,(H2,36,37)(H,39,42). The van der Waals surface area contributed by atoms with Crippen LogP contribution in [0.3, 0.4) is 0 Å². The van der Waals surface area contributed by atoms with E-state index in [1.807, 2.05) is 0 Å². The monoisotopic (exact) mass is 667 g/mol. The molecule has 2 unspecified atom stereocenters. The lowest BCUT2D eigenvalue weighted by molar-refractivity contribution is -0.133. The quantitative estimate of drug-likeness (QED) is 0.196. The van der Waals surface area contributed by atoms with Crippen molar-refractivity contribution in [3.63, 3.8) is 0 Å². The summed E-state index contributed by atoms with van der Waals surface area (Å²) in [5, 5.41) is 6.27. The van der Waals surface area contributed by atoms with E-state index in [4.69, 9.17) is 15.2 Å². The number of hydrogen-bond donors (Lipinski definition) is 3. The van der Waals surface area contributed by atoms with Crippen LogP contribution in [0.25, 0.3) is 10.8 Å². The molecule has 4 N–H and O–H groups in total. The molecule has 0 bridgehead atoms. The second kappa shape index (κ2) is 13.4. The lowest BCUT2D eigenvalue weighted by Gasteiger charge is -2.32. The van der Waals surface area contributed by atoms with Gasteiger partial charge >= 0.3 is 6.09 Å². The van der Waals surface area contributed by atoms with Gasteiger partial charge in [0.25, 0.3) is 0 Å². The first-order chi connectivity index (χ1) is 22.3. The van der Waals surface area contributed by atoms with Crippen molar-refractivity contribution in [2.24, 2.45) is 0 Å². The molecular formula is C33H35F2N5O6S.